The molecule has 0 aliphatic rings. The second kappa shape index (κ2) is 6.22. The van der Waals surface area contributed by atoms with Gasteiger partial charge in [0.05, 0.1) is 31.2 Å². The first kappa shape index (κ1) is 15.2. The lowest BCUT2D eigenvalue weighted by Gasteiger charge is -2.08. The molecule has 118 valence electrons. The molecule has 0 fully saturated rings. The Kier molecular flexibility index (Phi) is 4.12. The number of amides is 1. The lowest BCUT2D eigenvalue weighted by molar-refractivity contribution is -0.115. The molecule has 0 bridgehead atoms. The molecule has 0 saturated heterocycles. The van der Waals surface area contributed by atoms with E-state index in [0.717, 1.165) is 27.7 Å². The largest absolute Gasteiger partial charge is 0.464 e. The molecule has 23 heavy (non-hydrogen) atoms. The molecular formula is C18H18N2O3. The predicted octanol–water partition coefficient (Wildman–Crippen LogP) is 3.12. The van der Waals surface area contributed by atoms with Gasteiger partial charge in [-0.05, 0) is 31.0 Å². The number of rotatable bonds is 4. The summed E-state index contributed by atoms with van der Waals surface area (Å²) in [5.74, 6) is -0.173. The molecule has 0 radical (unpaired) electrons. The van der Waals surface area contributed by atoms with Crippen LogP contribution in [-0.2, 0) is 17.8 Å². The summed E-state index contributed by atoms with van der Waals surface area (Å²) in [5, 5.41) is 13.0. The summed E-state index contributed by atoms with van der Waals surface area (Å²) in [6.07, 6.45) is 4.95. The fourth-order valence-corrected chi connectivity index (χ4v) is 2.57. The van der Waals surface area contributed by atoms with Gasteiger partial charge in [-0.25, -0.2) is 0 Å². The molecule has 0 aliphatic heterocycles. The number of hydrogen-bond acceptors (Lipinski definition) is 4. The average Bonchev–Trinajstić information content (AvgIpc) is 2.95. The van der Waals surface area contributed by atoms with Gasteiger partial charge >= 0.3 is 0 Å². The van der Waals surface area contributed by atoms with E-state index in [1.807, 2.05) is 26.0 Å². The number of nitrogens with one attached hydrogen (secondary N) is 1. The highest BCUT2D eigenvalue weighted by atomic mass is 16.3. The van der Waals surface area contributed by atoms with Crippen LogP contribution in [0.3, 0.4) is 0 Å². The summed E-state index contributed by atoms with van der Waals surface area (Å²) in [4.78, 5) is 16.3. The van der Waals surface area contributed by atoms with Crippen molar-refractivity contribution in [2.75, 3.05) is 5.32 Å². The van der Waals surface area contributed by atoms with E-state index in [9.17, 15) is 9.90 Å². The maximum atomic E-state index is 12.3. The molecule has 1 aromatic carbocycles. The zero-order valence-electron chi connectivity index (χ0n) is 13.1. The molecule has 0 atom stereocenters. The minimum atomic E-state index is -0.173. The average molecular weight is 310 g/mol. The fraction of sp³-hybridized carbons (Fsp3) is 0.222. The second-order valence-corrected chi connectivity index (χ2v) is 5.56. The number of hydrogen-bond donors (Lipinski definition) is 2. The van der Waals surface area contributed by atoms with Gasteiger partial charge in [-0.15, -0.1) is 0 Å². The quantitative estimate of drug-likeness (QED) is 0.776. The lowest BCUT2D eigenvalue weighted by Crippen LogP contribution is -2.15. The number of aliphatic hydroxyl groups is 1. The second-order valence-electron chi connectivity index (χ2n) is 5.56. The topological polar surface area (TPSA) is 75.4 Å². The van der Waals surface area contributed by atoms with E-state index in [2.05, 4.69) is 10.3 Å². The van der Waals surface area contributed by atoms with Crippen molar-refractivity contribution in [1.82, 2.24) is 4.98 Å². The minimum absolute atomic E-state index is 0.148. The Morgan fingerprint density at radius 3 is 2.87 bits per heavy atom. The number of carbonyl (C=O) groups excluding carboxylic acids is 1. The summed E-state index contributed by atoms with van der Waals surface area (Å²) in [7, 11) is 0. The Balaban J connectivity index is 1.82. The van der Waals surface area contributed by atoms with Crippen LogP contribution in [0.5, 0.6) is 0 Å². The number of carbonyl (C=O) groups is 1. The molecule has 1 amide bonds. The number of aliphatic hydroxyl groups excluding tert-OH is 1. The number of pyridine rings is 1. The number of nitrogens with zero attached hydrogens (tertiary/aromatic N) is 1. The van der Waals surface area contributed by atoms with Crippen LogP contribution < -0.4 is 5.32 Å². The van der Waals surface area contributed by atoms with Gasteiger partial charge in [-0.3, -0.25) is 9.78 Å². The van der Waals surface area contributed by atoms with Gasteiger partial charge in [0, 0.05) is 22.7 Å². The number of furan rings is 1. The third-order valence-electron chi connectivity index (χ3n) is 4.05. The summed E-state index contributed by atoms with van der Waals surface area (Å²) in [5.41, 5.74) is 5.08. The third kappa shape index (κ3) is 2.96. The fourth-order valence-electron chi connectivity index (χ4n) is 2.57. The molecular weight excluding hydrogens is 292 g/mol. The van der Waals surface area contributed by atoms with E-state index in [1.165, 1.54) is 6.20 Å². The van der Waals surface area contributed by atoms with Crippen LogP contribution in [-0.4, -0.2) is 16.0 Å². The number of anilines is 1. The number of aromatic nitrogens is 1. The SMILES string of the molecule is Cc1ccc2c(CC(=O)Nc3cnccc3CO)coc2c1C. The van der Waals surface area contributed by atoms with Crippen LogP contribution in [0.2, 0.25) is 0 Å². The molecule has 0 aliphatic carbocycles. The van der Waals surface area contributed by atoms with Gasteiger partial charge in [0.25, 0.3) is 0 Å². The van der Waals surface area contributed by atoms with Crippen LogP contribution in [0.4, 0.5) is 5.69 Å². The van der Waals surface area contributed by atoms with Crippen molar-refractivity contribution in [2.24, 2.45) is 0 Å². The Labute approximate surface area is 134 Å². The van der Waals surface area contributed by atoms with E-state index in [4.69, 9.17) is 4.42 Å². The summed E-state index contributed by atoms with van der Waals surface area (Å²) in [6, 6.07) is 5.68. The number of aryl methyl sites for hydroxylation is 2. The predicted molar refractivity (Wildman–Crippen MR) is 88.2 cm³/mol. The van der Waals surface area contributed by atoms with Gasteiger partial charge in [-0.1, -0.05) is 12.1 Å². The highest BCUT2D eigenvalue weighted by Gasteiger charge is 2.14. The number of fused-ring (bicyclic) bond motifs is 1. The van der Waals surface area contributed by atoms with E-state index in [0.29, 0.717) is 11.3 Å². The molecule has 2 aromatic heterocycles. The monoisotopic (exact) mass is 310 g/mol. The first-order valence-corrected chi connectivity index (χ1v) is 7.40. The molecule has 0 saturated carbocycles. The van der Waals surface area contributed by atoms with Crippen molar-refractivity contribution in [2.45, 2.75) is 26.9 Å². The lowest BCUT2D eigenvalue weighted by atomic mass is 10.0. The van der Waals surface area contributed by atoms with Gasteiger partial charge in [-0.2, -0.15) is 0 Å². The molecule has 5 heteroatoms. The Morgan fingerprint density at radius 2 is 2.09 bits per heavy atom. The maximum absolute atomic E-state index is 12.3. The smallest absolute Gasteiger partial charge is 0.228 e. The Bertz CT molecular complexity index is 868. The molecule has 0 spiro atoms. The molecule has 0 unspecified atom stereocenters. The first-order valence-electron chi connectivity index (χ1n) is 7.40. The van der Waals surface area contributed by atoms with Crippen LogP contribution in [0.25, 0.3) is 11.0 Å². The summed E-state index contributed by atoms with van der Waals surface area (Å²) >= 11 is 0. The number of benzene rings is 1. The highest BCUT2D eigenvalue weighted by Crippen LogP contribution is 2.27. The van der Waals surface area contributed by atoms with Crippen LogP contribution in [0.15, 0.2) is 41.3 Å². The first-order chi connectivity index (χ1) is 11.1. The van der Waals surface area contributed by atoms with Crippen molar-refractivity contribution < 1.29 is 14.3 Å². The molecule has 3 aromatic rings. The molecule has 5 nitrogen and oxygen atoms in total. The third-order valence-corrected chi connectivity index (χ3v) is 4.05. The van der Waals surface area contributed by atoms with E-state index in [1.54, 1.807) is 18.5 Å². The zero-order valence-corrected chi connectivity index (χ0v) is 13.1. The Morgan fingerprint density at radius 1 is 1.26 bits per heavy atom. The highest BCUT2D eigenvalue weighted by molar-refractivity contribution is 5.96. The summed E-state index contributed by atoms with van der Waals surface area (Å²) < 4.78 is 5.62. The molecule has 2 N–H and O–H groups in total. The Hall–Kier alpha value is -2.66. The van der Waals surface area contributed by atoms with Crippen LogP contribution >= 0.6 is 0 Å². The van der Waals surface area contributed by atoms with Crippen molar-refractivity contribution in [3.8, 4) is 0 Å². The van der Waals surface area contributed by atoms with Gasteiger partial charge in [0.1, 0.15) is 5.58 Å². The van der Waals surface area contributed by atoms with E-state index < -0.39 is 0 Å². The van der Waals surface area contributed by atoms with Crippen molar-refractivity contribution in [1.29, 1.82) is 0 Å². The van der Waals surface area contributed by atoms with Gasteiger partial charge in [0.15, 0.2) is 0 Å². The normalized spacial score (nSPS) is 10.9. The van der Waals surface area contributed by atoms with E-state index in [-0.39, 0.29) is 18.9 Å². The molecule has 2 heterocycles. The van der Waals surface area contributed by atoms with Gasteiger partial charge in [0.2, 0.25) is 5.91 Å². The molecule has 3 rings (SSSR count). The van der Waals surface area contributed by atoms with Gasteiger partial charge < -0.3 is 14.8 Å². The minimum Gasteiger partial charge on any atom is -0.464 e. The van der Waals surface area contributed by atoms with Crippen molar-refractivity contribution >= 4 is 22.6 Å². The maximum Gasteiger partial charge on any atom is 0.228 e. The standard InChI is InChI=1S/C18H18N2O3/c1-11-3-4-15-14(10-23-18(15)12(11)2)7-17(22)20-16-8-19-6-5-13(16)9-21/h3-6,8,10,21H,7,9H2,1-2H3,(H,20,22). The van der Waals surface area contributed by atoms with Crippen LogP contribution in [0, 0.1) is 13.8 Å². The zero-order chi connectivity index (χ0) is 16.4. The van der Waals surface area contributed by atoms with Crippen molar-refractivity contribution in [3.63, 3.8) is 0 Å². The van der Waals surface area contributed by atoms with E-state index >= 15 is 0 Å². The van der Waals surface area contributed by atoms with Crippen LogP contribution in [0.1, 0.15) is 22.3 Å². The summed E-state index contributed by atoms with van der Waals surface area (Å²) in [6.45, 7) is 3.89. The van der Waals surface area contributed by atoms with Crippen molar-refractivity contribution in [3.05, 3.63) is 59.1 Å².